The van der Waals surface area contributed by atoms with Crippen molar-refractivity contribution in [1.82, 2.24) is 0 Å². The first-order valence-corrected chi connectivity index (χ1v) is 14.0. The normalized spacial score (nSPS) is 18.3. The van der Waals surface area contributed by atoms with Crippen LogP contribution in [0.25, 0.3) is 0 Å². The molecule has 4 heteroatoms. The molecule has 0 N–H and O–H groups in total. The van der Waals surface area contributed by atoms with Crippen LogP contribution >= 0.6 is 15.9 Å². The van der Waals surface area contributed by atoms with Crippen LogP contribution in [0.5, 0.6) is 5.75 Å². The van der Waals surface area contributed by atoms with Crippen LogP contribution < -0.4 is 4.43 Å². The first kappa shape index (κ1) is 21.1. The Morgan fingerprint density at radius 1 is 0.867 bits per heavy atom. The SMILES string of the molecule is CC(C)(C)[Si](C)(C)Oc1ccc(C2(c3cccc(Br)c3)N=Cc3ccccc32)cc1. The molecule has 0 amide bonds. The molecule has 3 aromatic carbocycles. The lowest BCUT2D eigenvalue weighted by molar-refractivity contribution is 0.491. The van der Waals surface area contributed by atoms with E-state index in [9.17, 15) is 0 Å². The highest BCUT2D eigenvalue weighted by molar-refractivity contribution is 9.10. The Balaban J connectivity index is 1.80. The molecule has 1 aliphatic rings. The molecule has 4 rings (SSSR count). The topological polar surface area (TPSA) is 21.6 Å². The number of nitrogens with zero attached hydrogens (tertiary/aromatic N) is 1. The average molecular weight is 479 g/mol. The maximum atomic E-state index is 6.50. The lowest BCUT2D eigenvalue weighted by Crippen LogP contribution is -2.43. The van der Waals surface area contributed by atoms with E-state index in [0.717, 1.165) is 21.3 Å². The maximum absolute atomic E-state index is 6.50. The number of hydrogen-bond donors (Lipinski definition) is 0. The standard InChI is InChI=1S/C26H28BrNOSi/c1-25(2,3)30(4,5)29-23-15-13-20(14-16-23)26(21-10-8-11-22(27)17-21)24-12-7-6-9-19(24)18-28-26/h6-18H,1-5H3. The fourth-order valence-corrected chi connectivity index (χ4v) is 5.16. The molecular formula is C26H28BrNOSi. The van der Waals surface area contributed by atoms with Crippen molar-refractivity contribution in [2.75, 3.05) is 0 Å². The maximum Gasteiger partial charge on any atom is 0.250 e. The largest absolute Gasteiger partial charge is 0.544 e. The zero-order chi connectivity index (χ0) is 21.6. The van der Waals surface area contributed by atoms with E-state index < -0.39 is 13.9 Å². The van der Waals surface area contributed by atoms with Gasteiger partial charge < -0.3 is 4.43 Å². The molecule has 1 atom stereocenters. The van der Waals surface area contributed by atoms with Gasteiger partial charge in [-0.3, -0.25) is 4.99 Å². The molecule has 2 nitrogen and oxygen atoms in total. The summed E-state index contributed by atoms with van der Waals surface area (Å²) >= 11 is 3.64. The number of rotatable bonds is 4. The van der Waals surface area contributed by atoms with Gasteiger partial charge in [-0.25, -0.2) is 0 Å². The minimum atomic E-state index is -1.88. The summed E-state index contributed by atoms with van der Waals surface area (Å²) in [5.41, 5.74) is 4.12. The van der Waals surface area contributed by atoms with Gasteiger partial charge in [-0.15, -0.1) is 0 Å². The van der Waals surface area contributed by atoms with Gasteiger partial charge in [-0.1, -0.05) is 85.2 Å². The molecule has 30 heavy (non-hydrogen) atoms. The number of hydrogen-bond acceptors (Lipinski definition) is 2. The van der Waals surface area contributed by atoms with Crippen molar-refractivity contribution in [3.05, 3.63) is 99.5 Å². The fraction of sp³-hybridized carbons (Fsp3) is 0.269. The summed E-state index contributed by atoms with van der Waals surface area (Å²) in [5, 5.41) is 0.165. The summed E-state index contributed by atoms with van der Waals surface area (Å²) in [6.07, 6.45) is 2.00. The Morgan fingerprint density at radius 2 is 1.57 bits per heavy atom. The minimum Gasteiger partial charge on any atom is -0.544 e. The van der Waals surface area contributed by atoms with Gasteiger partial charge >= 0.3 is 0 Å². The van der Waals surface area contributed by atoms with Gasteiger partial charge in [-0.05, 0) is 64.7 Å². The van der Waals surface area contributed by atoms with E-state index >= 15 is 0 Å². The van der Waals surface area contributed by atoms with Gasteiger partial charge in [0.15, 0.2) is 0 Å². The number of fused-ring (bicyclic) bond motifs is 1. The summed E-state index contributed by atoms with van der Waals surface area (Å²) in [5.74, 6) is 0.935. The molecule has 0 bridgehead atoms. The molecule has 0 spiro atoms. The lowest BCUT2D eigenvalue weighted by atomic mass is 9.77. The summed E-state index contributed by atoms with van der Waals surface area (Å²) < 4.78 is 7.56. The van der Waals surface area contributed by atoms with Gasteiger partial charge in [-0.2, -0.15) is 0 Å². The zero-order valence-corrected chi connectivity index (χ0v) is 20.8. The zero-order valence-electron chi connectivity index (χ0n) is 18.2. The smallest absolute Gasteiger partial charge is 0.250 e. The molecule has 1 heterocycles. The highest BCUT2D eigenvalue weighted by Crippen LogP contribution is 2.46. The second-order valence-corrected chi connectivity index (χ2v) is 15.1. The number of halogens is 1. The average Bonchev–Trinajstić information content (AvgIpc) is 3.08. The molecule has 0 aliphatic carbocycles. The Labute approximate surface area is 189 Å². The van der Waals surface area contributed by atoms with E-state index in [2.05, 4.69) is 123 Å². The summed E-state index contributed by atoms with van der Waals surface area (Å²) in [4.78, 5) is 5.08. The summed E-state index contributed by atoms with van der Waals surface area (Å²) in [6, 6.07) is 25.5. The van der Waals surface area contributed by atoms with Gasteiger partial charge in [0, 0.05) is 10.7 Å². The third-order valence-electron chi connectivity index (χ3n) is 6.44. The molecule has 0 saturated heterocycles. The van der Waals surface area contributed by atoms with Crippen LogP contribution in [0.15, 0.2) is 82.3 Å². The van der Waals surface area contributed by atoms with Crippen molar-refractivity contribution in [1.29, 1.82) is 0 Å². The quantitative estimate of drug-likeness (QED) is 0.355. The van der Waals surface area contributed by atoms with E-state index in [1.165, 1.54) is 11.1 Å². The number of aliphatic imine (C=N–C) groups is 1. The van der Waals surface area contributed by atoms with Crippen molar-refractivity contribution in [2.45, 2.75) is 44.4 Å². The van der Waals surface area contributed by atoms with Crippen LogP contribution in [0.3, 0.4) is 0 Å². The van der Waals surface area contributed by atoms with Crippen LogP contribution in [-0.2, 0) is 5.54 Å². The molecule has 1 unspecified atom stereocenters. The molecule has 0 radical (unpaired) electrons. The van der Waals surface area contributed by atoms with Crippen molar-refractivity contribution < 1.29 is 4.43 Å². The van der Waals surface area contributed by atoms with E-state index in [0.29, 0.717) is 0 Å². The van der Waals surface area contributed by atoms with Gasteiger partial charge in [0.05, 0.1) is 0 Å². The monoisotopic (exact) mass is 477 g/mol. The van der Waals surface area contributed by atoms with Crippen molar-refractivity contribution in [3.63, 3.8) is 0 Å². The molecule has 3 aromatic rings. The molecule has 154 valence electrons. The lowest BCUT2D eigenvalue weighted by Gasteiger charge is -2.36. The molecule has 0 aromatic heterocycles. The second kappa shape index (κ2) is 7.51. The van der Waals surface area contributed by atoms with Crippen LogP contribution in [0.4, 0.5) is 0 Å². The summed E-state index contributed by atoms with van der Waals surface area (Å²) in [7, 11) is -1.88. The third kappa shape index (κ3) is 3.56. The highest BCUT2D eigenvalue weighted by Gasteiger charge is 2.41. The molecule has 0 fully saturated rings. The van der Waals surface area contributed by atoms with Crippen LogP contribution in [0.2, 0.25) is 18.1 Å². The van der Waals surface area contributed by atoms with Crippen molar-refractivity contribution in [2.24, 2.45) is 4.99 Å². The number of benzene rings is 3. The van der Waals surface area contributed by atoms with E-state index in [1.807, 2.05) is 6.21 Å². The second-order valence-electron chi connectivity index (χ2n) is 9.45. The first-order valence-electron chi connectivity index (χ1n) is 10.3. The predicted molar refractivity (Wildman–Crippen MR) is 132 cm³/mol. The Hall–Kier alpha value is -2.17. The van der Waals surface area contributed by atoms with Gasteiger partial charge in [0.2, 0.25) is 8.32 Å². The minimum absolute atomic E-state index is 0.165. The van der Waals surface area contributed by atoms with Gasteiger partial charge in [0.25, 0.3) is 0 Å². The van der Waals surface area contributed by atoms with Crippen LogP contribution in [0, 0.1) is 0 Å². The predicted octanol–water partition coefficient (Wildman–Crippen LogP) is 7.56. The Morgan fingerprint density at radius 3 is 2.23 bits per heavy atom. The van der Waals surface area contributed by atoms with Crippen LogP contribution in [-0.4, -0.2) is 14.5 Å². The molecule has 0 saturated carbocycles. The highest BCUT2D eigenvalue weighted by atomic mass is 79.9. The van der Waals surface area contributed by atoms with Crippen LogP contribution in [0.1, 0.15) is 43.0 Å². The summed E-state index contributed by atoms with van der Waals surface area (Å²) in [6.45, 7) is 11.4. The van der Waals surface area contributed by atoms with Crippen molar-refractivity contribution in [3.8, 4) is 5.75 Å². The van der Waals surface area contributed by atoms with E-state index in [1.54, 1.807) is 0 Å². The van der Waals surface area contributed by atoms with E-state index in [-0.39, 0.29) is 5.04 Å². The fourth-order valence-electron chi connectivity index (χ4n) is 3.73. The Bertz CT molecular complexity index is 1100. The molecule has 1 aliphatic heterocycles. The molecular weight excluding hydrogens is 450 g/mol. The Kier molecular flexibility index (Phi) is 5.27. The van der Waals surface area contributed by atoms with Crippen molar-refractivity contribution >= 4 is 30.5 Å². The third-order valence-corrected chi connectivity index (χ3v) is 11.3. The first-order chi connectivity index (χ1) is 14.1. The van der Waals surface area contributed by atoms with E-state index in [4.69, 9.17) is 9.42 Å². The van der Waals surface area contributed by atoms with Gasteiger partial charge in [0.1, 0.15) is 11.3 Å².